The predicted molar refractivity (Wildman–Crippen MR) is 99.8 cm³/mol. The third-order valence-electron chi connectivity index (χ3n) is 4.50. The van der Waals surface area contributed by atoms with Gasteiger partial charge < -0.3 is 4.48 Å². The monoisotopic (exact) mass is 344 g/mol. The van der Waals surface area contributed by atoms with Crippen LogP contribution >= 0.6 is 23.2 Å². The molecule has 0 bridgehead atoms. The topological polar surface area (TPSA) is 0 Å². The van der Waals surface area contributed by atoms with E-state index < -0.39 is 0 Å². The first kappa shape index (κ1) is 19.8. The van der Waals surface area contributed by atoms with Gasteiger partial charge in [0.1, 0.15) is 6.54 Å². The third kappa shape index (κ3) is 6.10. The molecule has 0 spiro atoms. The van der Waals surface area contributed by atoms with Gasteiger partial charge in [-0.15, -0.1) is 0 Å². The summed E-state index contributed by atoms with van der Waals surface area (Å²) in [5, 5.41) is 1.43. The van der Waals surface area contributed by atoms with Crippen LogP contribution in [0.3, 0.4) is 0 Å². The molecule has 0 heterocycles. The summed E-state index contributed by atoms with van der Waals surface area (Å²) in [4.78, 5) is 0. The Morgan fingerprint density at radius 2 is 1.32 bits per heavy atom. The minimum atomic E-state index is 0.679. The molecule has 0 radical (unpaired) electrons. The number of rotatable bonds is 11. The Bertz CT molecular complexity index is 410. The van der Waals surface area contributed by atoms with Crippen molar-refractivity contribution in [3.63, 3.8) is 0 Å². The standard InChI is InChI=1S/C19H32Cl2N/c1-4-7-13-22(14-8-5-2,15-9-6-3)16-17-11-10-12-18(20)19(17)21/h10-12H,4-9,13-16H2,1-3H3/q+1. The van der Waals surface area contributed by atoms with E-state index >= 15 is 0 Å². The molecule has 0 aliphatic rings. The molecule has 0 unspecified atom stereocenters. The molecular formula is C19H32Cl2N+. The largest absolute Gasteiger partial charge is 0.320 e. The second-order valence-corrected chi connectivity index (χ2v) is 7.23. The maximum atomic E-state index is 6.46. The molecule has 22 heavy (non-hydrogen) atoms. The zero-order valence-electron chi connectivity index (χ0n) is 14.5. The summed E-state index contributed by atoms with van der Waals surface area (Å²) in [6.07, 6.45) is 7.60. The number of unbranched alkanes of at least 4 members (excludes halogenated alkanes) is 3. The Labute approximate surface area is 147 Å². The van der Waals surface area contributed by atoms with E-state index in [2.05, 4.69) is 26.8 Å². The molecule has 0 fully saturated rings. The van der Waals surface area contributed by atoms with Crippen LogP contribution in [-0.2, 0) is 6.54 Å². The molecule has 3 heteroatoms. The highest BCUT2D eigenvalue weighted by Gasteiger charge is 2.27. The first-order valence-corrected chi connectivity index (χ1v) is 9.62. The van der Waals surface area contributed by atoms with Crippen LogP contribution in [-0.4, -0.2) is 24.1 Å². The van der Waals surface area contributed by atoms with Gasteiger partial charge in [-0.3, -0.25) is 0 Å². The summed E-state index contributed by atoms with van der Waals surface area (Å²) in [5.74, 6) is 0. The quantitative estimate of drug-likeness (QED) is 0.391. The maximum Gasteiger partial charge on any atom is 0.106 e. The van der Waals surface area contributed by atoms with Crippen LogP contribution in [0.5, 0.6) is 0 Å². The van der Waals surface area contributed by atoms with Crippen molar-refractivity contribution in [2.75, 3.05) is 19.6 Å². The lowest BCUT2D eigenvalue weighted by Gasteiger charge is -2.39. The van der Waals surface area contributed by atoms with Gasteiger partial charge in [-0.25, -0.2) is 0 Å². The van der Waals surface area contributed by atoms with Crippen LogP contribution in [0.15, 0.2) is 18.2 Å². The van der Waals surface area contributed by atoms with Crippen LogP contribution in [0.2, 0.25) is 10.0 Å². The van der Waals surface area contributed by atoms with Gasteiger partial charge in [-0.1, -0.05) is 75.4 Å². The zero-order valence-corrected chi connectivity index (χ0v) is 16.0. The molecule has 0 aromatic heterocycles. The van der Waals surface area contributed by atoms with Crippen LogP contribution in [0, 0.1) is 0 Å². The molecule has 1 aromatic carbocycles. The summed E-state index contributed by atoms with van der Waals surface area (Å²) in [7, 11) is 0. The Balaban J connectivity index is 3.00. The van der Waals surface area contributed by atoms with Gasteiger partial charge >= 0.3 is 0 Å². The normalized spacial score (nSPS) is 11.9. The van der Waals surface area contributed by atoms with Crippen molar-refractivity contribution in [1.82, 2.24) is 0 Å². The van der Waals surface area contributed by atoms with E-state index in [0.29, 0.717) is 5.02 Å². The van der Waals surface area contributed by atoms with E-state index in [1.807, 2.05) is 12.1 Å². The van der Waals surface area contributed by atoms with Crippen molar-refractivity contribution in [2.45, 2.75) is 65.8 Å². The first-order chi connectivity index (χ1) is 10.6. The number of quaternary nitrogens is 1. The average molecular weight is 345 g/mol. The highest BCUT2D eigenvalue weighted by atomic mass is 35.5. The fourth-order valence-electron chi connectivity index (χ4n) is 3.09. The number of hydrogen-bond donors (Lipinski definition) is 0. The van der Waals surface area contributed by atoms with E-state index in [4.69, 9.17) is 23.2 Å². The Hall–Kier alpha value is -0.240. The first-order valence-electron chi connectivity index (χ1n) is 8.86. The van der Waals surface area contributed by atoms with Crippen molar-refractivity contribution in [1.29, 1.82) is 0 Å². The van der Waals surface area contributed by atoms with Gasteiger partial charge in [0.2, 0.25) is 0 Å². The molecule has 0 aliphatic heterocycles. The molecule has 0 atom stereocenters. The Morgan fingerprint density at radius 1 is 0.818 bits per heavy atom. The van der Waals surface area contributed by atoms with Gasteiger partial charge in [-0.2, -0.15) is 0 Å². The average Bonchev–Trinajstić information content (AvgIpc) is 2.53. The van der Waals surface area contributed by atoms with Crippen molar-refractivity contribution in [2.24, 2.45) is 0 Å². The molecular weight excluding hydrogens is 313 g/mol. The van der Waals surface area contributed by atoms with E-state index in [1.54, 1.807) is 0 Å². The molecule has 126 valence electrons. The molecule has 0 saturated carbocycles. The molecule has 0 saturated heterocycles. The van der Waals surface area contributed by atoms with Gasteiger partial charge in [0.25, 0.3) is 0 Å². The molecule has 0 amide bonds. The fraction of sp³-hybridized carbons (Fsp3) is 0.684. The molecule has 1 nitrogen and oxygen atoms in total. The van der Waals surface area contributed by atoms with Gasteiger partial charge in [0.05, 0.1) is 29.7 Å². The maximum absolute atomic E-state index is 6.46. The predicted octanol–water partition coefficient (Wildman–Crippen LogP) is 6.71. The number of hydrogen-bond acceptors (Lipinski definition) is 0. The van der Waals surface area contributed by atoms with Crippen molar-refractivity contribution in [3.8, 4) is 0 Å². The summed E-state index contributed by atoms with van der Waals surface area (Å²) in [6, 6.07) is 6.05. The van der Waals surface area contributed by atoms with Crippen molar-refractivity contribution >= 4 is 23.2 Å². The molecule has 1 aromatic rings. The van der Waals surface area contributed by atoms with E-state index in [1.165, 1.54) is 63.7 Å². The lowest BCUT2D eigenvalue weighted by molar-refractivity contribution is -0.941. The van der Waals surface area contributed by atoms with Gasteiger partial charge in [0.15, 0.2) is 0 Å². The molecule has 1 rings (SSSR count). The Kier molecular flexibility index (Phi) is 9.47. The lowest BCUT2D eigenvalue weighted by Crippen LogP contribution is -2.49. The van der Waals surface area contributed by atoms with Crippen molar-refractivity contribution < 1.29 is 4.48 Å². The minimum absolute atomic E-state index is 0.679. The van der Waals surface area contributed by atoms with E-state index in [9.17, 15) is 0 Å². The summed E-state index contributed by atoms with van der Waals surface area (Å²) < 4.78 is 1.16. The van der Waals surface area contributed by atoms with E-state index in [-0.39, 0.29) is 0 Å². The second kappa shape index (κ2) is 10.5. The summed E-state index contributed by atoms with van der Waals surface area (Å²) in [6.45, 7) is 11.6. The molecule has 0 N–H and O–H groups in total. The summed E-state index contributed by atoms with van der Waals surface area (Å²) in [5.41, 5.74) is 1.21. The van der Waals surface area contributed by atoms with Gasteiger partial charge in [0, 0.05) is 5.56 Å². The molecule has 0 aliphatic carbocycles. The number of benzene rings is 1. The van der Waals surface area contributed by atoms with Crippen LogP contribution in [0.4, 0.5) is 0 Å². The number of halogens is 2. The Morgan fingerprint density at radius 3 is 1.77 bits per heavy atom. The van der Waals surface area contributed by atoms with E-state index in [0.717, 1.165) is 16.1 Å². The number of nitrogens with zero attached hydrogens (tertiary/aromatic N) is 1. The summed E-state index contributed by atoms with van der Waals surface area (Å²) >= 11 is 12.7. The smallest absolute Gasteiger partial charge is 0.106 e. The van der Waals surface area contributed by atoms with Crippen molar-refractivity contribution in [3.05, 3.63) is 33.8 Å². The van der Waals surface area contributed by atoms with Crippen LogP contribution in [0.1, 0.15) is 64.9 Å². The zero-order chi connectivity index (χ0) is 16.4. The minimum Gasteiger partial charge on any atom is -0.320 e. The van der Waals surface area contributed by atoms with Gasteiger partial charge in [-0.05, 0) is 25.3 Å². The SMILES string of the molecule is CCCC[N+](CCCC)(CCCC)Cc1cccc(Cl)c1Cl. The highest BCUT2D eigenvalue weighted by Crippen LogP contribution is 2.29. The van der Waals surface area contributed by atoms with Crippen LogP contribution in [0.25, 0.3) is 0 Å². The third-order valence-corrected chi connectivity index (χ3v) is 5.35. The highest BCUT2D eigenvalue weighted by molar-refractivity contribution is 6.42. The fourth-order valence-corrected chi connectivity index (χ4v) is 3.46. The second-order valence-electron chi connectivity index (χ2n) is 6.44. The lowest BCUT2D eigenvalue weighted by atomic mass is 10.1. The van der Waals surface area contributed by atoms with Crippen LogP contribution < -0.4 is 0 Å².